The van der Waals surface area contributed by atoms with E-state index in [2.05, 4.69) is 10.4 Å². The van der Waals surface area contributed by atoms with Gasteiger partial charge in [0.25, 0.3) is 0 Å². The predicted octanol–water partition coefficient (Wildman–Crippen LogP) is 2.31. The molecule has 0 fully saturated rings. The van der Waals surface area contributed by atoms with Gasteiger partial charge in [-0.2, -0.15) is 5.10 Å². The molecule has 5 heteroatoms. The summed E-state index contributed by atoms with van der Waals surface area (Å²) in [5.41, 5.74) is 0.293. The second kappa shape index (κ2) is 4.30. The van der Waals surface area contributed by atoms with E-state index in [1.54, 1.807) is 30.1 Å². The Morgan fingerprint density at radius 3 is 2.81 bits per heavy atom. The van der Waals surface area contributed by atoms with Gasteiger partial charge in [0, 0.05) is 25.2 Å². The van der Waals surface area contributed by atoms with Crippen LogP contribution in [-0.2, 0) is 13.6 Å². The molecule has 0 aliphatic rings. The van der Waals surface area contributed by atoms with Crippen molar-refractivity contribution in [3.8, 4) is 0 Å². The van der Waals surface area contributed by atoms with Gasteiger partial charge in [0.15, 0.2) is 11.6 Å². The number of aromatic nitrogens is 2. The summed E-state index contributed by atoms with van der Waals surface area (Å²) < 4.78 is 27.8. The summed E-state index contributed by atoms with van der Waals surface area (Å²) in [6.07, 6.45) is 1.63. The molecule has 0 bridgehead atoms. The van der Waals surface area contributed by atoms with Gasteiger partial charge in [-0.25, -0.2) is 8.78 Å². The van der Waals surface area contributed by atoms with Crippen molar-refractivity contribution in [2.75, 3.05) is 5.32 Å². The quantitative estimate of drug-likeness (QED) is 0.865. The lowest BCUT2D eigenvalue weighted by molar-refractivity contribution is 0.500. The van der Waals surface area contributed by atoms with Crippen LogP contribution >= 0.6 is 0 Å². The molecule has 2 rings (SSSR count). The first kappa shape index (κ1) is 10.6. The van der Waals surface area contributed by atoms with Crippen molar-refractivity contribution in [2.45, 2.75) is 6.54 Å². The molecule has 0 saturated heterocycles. The van der Waals surface area contributed by atoms with E-state index in [1.807, 2.05) is 0 Å². The number of hydrogen-bond acceptors (Lipinski definition) is 2. The molecule has 0 aliphatic heterocycles. The van der Waals surface area contributed by atoms with Crippen LogP contribution in [0.3, 0.4) is 0 Å². The first-order chi connectivity index (χ1) is 7.68. The van der Waals surface area contributed by atoms with Crippen LogP contribution in [0.1, 0.15) is 5.56 Å². The van der Waals surface area contributed by atoms with Gasteiger partial charge in [-0.3, -0.25) is 4.68 Å². The number of benzene rings is 1. The molecule has 0 aliphatic carbocycles. The maximum absolute atomic E-state index is 13.3. The molecule has 0 saturated carbocycles. The third-order valence-corrected chi connectivity index (χ3v) is 2.31. The minimum absolute atomic E-state index is 0.225. The van der Waals surface area contributed by atoms with E-state index in [-0.39, 0.29) is 6.54 Å². The molecule has 0 atom stereocenters. The van der Waals surface area contributed by atoms with Gasteiger partial charge in [0.2, 0.25) is 0 Å². The largest absolute Gasteiger partial charge is 0.366 e. The van der Waals surface area contributed by atoms with Crippen molar-refractivity contribution >= 4 is 5.82 Å². The molecule has 2 aromatic rings. The second-order valence-electron chi connectivity index (χ2n) is 3.41. The lowest BCUT2D eigenvalue weighted by Gasteiger charge is -2.07. The van der Waals surface area contributed by atoms with Crippen LogP contribution in [0.15, 0.2) is 30.5 Å². The van der Waals surface area contributed by atoms with Gasteiger partial charge >= 0.3 is 0 Å². The fraction of sp³-hybridized carbons (Fsp3) is 0.182. The molecule has 16 heavy (non-hydrogen) atoms. The van der Waals surface area contributed by atoms with Crippen molar-refractivity contribution in [3.63, 3.8) is 0 Å². The summed E-state index contributed by atoms with van der Waals surface area (Å²) in [6, 6.07) is 5.89. The molecule has 1 heterocycles. The van der Waals surface area contributed by atoms with Crippen LogP contribution in [0.2, 0.25) is 0 Å². The lowest BCUT2D eigenvalue weighted by atomic mass is 10.2. The molecular weight excluding hydrogens is 212 g/mol. The van der Waals surface area contributed by atoms with Crippen molar-refractivity contribution in [3.05, 3.63) is 47.7 Å². The molecule has 0 radical (unpaired) electrons. The highest BCUT2D eigenvalue weighted by molar-refractivity contribution is 5.35. The molecule has 1 aromatic carbocycles. The molecule has 0 spiro atoms. The van der Waals surface area contributed by atoms with E-state index in [9.17, 15) is 8.78 Å². The molecule has 1 aromatic heterocycles. The summed E-state index contributed by atoms with van der Waals surface area (Å²) in [5.74, 6) is -0.884. The summed E-state index contributed by atoms with van der Waals surface area (Å²) in [7, 11) is 1.77. The fourth-order valence-electron chi connectivity index (χ4n) is 1.42. The van der Waals surface area contributed by atoms with Gasteiger partial charge in [-0.1, -0.05) is 12.1 Å². The van der Waals surface area contributed by atoms with Crippen molar-refractivity contribution in [1.82, 2.24) is 9.78 Å². The summed E-state index contributed by atoms with van der Waals surface area (Å²) >= 11 is 0. The lowest BCUT2D eigenvalue weighted by Crippen LogP contribution is -2.06. The number of aryl methyl sites for hydroxylation is 1. The Morgan fingerprint density at radius 1 is 1.31 bits per heavy atom. The minimum Gasteiger partial charge on any atom is -0.366 e. The second-order valence-corrected chi connectivity index (χ2v) is 3.41. The highest BCUT2D eigenvalue weighted by Gasteiger charge is 2.07. The molecule has 1 N–H and O–H groups in total. The van der Waals surface area contributed by atoms with Gasteiger partial charge < -0.3 is 5.32 Å². The fourth-order valence-corrected chi connectivity index (χ4v) is 1.42. The molecule has 3 nitrogen and oxygen atoms in total. The summed E-state index contributed by atoms with van der Waals surface area (Å²) in [4.78, 5) is 0. The van der Waals surface area contributed by atoms with Crippen LogP contribution in [-0.4, -0.2) is 9.78 Å². The topological polar surface area (TPSA) is 29.9 Å². The minimum atomic E-state index is -0.829. The van der Waals surface area contributed by atoms with E-state index in [1.165, 1.54) is 6.07 Å². The van der Waals surface area contributed by atoms with E-state index in [0.29, 0.717) is 5.56 Å². The SMILES string of the molecule is Cn1nccc1NCc1cccc(F)c1F. The highest BCUT2D eigenvalue weighted by atomic mass is 19.2. The third-order valence-electron chi connectivity index (χ3n) is 2.31. The van der Waals surface area contributed by atoms with Gasteiger partial charge in [-0.15, -0.1) is 0 Å². The molecule has 0 unspecified atom stereocenters. The van der Waals surface area contributed by atoms with Crippen LogP contribution in [0.25, 0.3) is 0 Å². The van der Waals surface area contributed by atoms with Crippen molar-refractivity contribution in [1.29, 1.82) is 0 Å². The Bertz CT molecular complexity index is 494. The van der Waals surface area contributed by atoms with Crippen LogP contribution in [0.5, 0.6) is 0 Å². The number of nitrogens with zero attached hydrogens (tertiary/aromatic N) is 2. The van der Waals surface area contributed by atoms with Crippen LogP contribution < -0.4 is 5.32 Å². The van der Waals surface area contributed by atoms with Gasteiger partial charge in [0.05, 0.1) is 6.20 Å². The Kier molecular flexibility index (Phi) is 2.85. The maximum Gasteiger partial charge on any atom is 0.163 e. The summed E-state index contributed by atoms with van der Waals surface area (Å²) in [6.45, 7) is 0.225. The van der Waals surface area contributed by atoms with E-state index >= 15 is 0 Å². The average Bonchev–Trinajstić information content (AvgIpc) is 2.67. The number of hydrogen-bond donors (Lipinski definition) is 1. The standard InChI is InChI=1S/C11H11F2N3/c1-16-10(5-6-15-16)14-7-8-3-2-4-9(12)11(8)13/h2-6,14H,7H2,1H3. The summed E-state index contributed by atoms with van der Waals surface area (Å²) in [5, 5.41) is 6.93. The first-order valence-corrected chi connectivity index (χ1v) is 4.83. The smallest absolute Gasteiger partial charge is 0.163 e. The molecular formula is C11H11F2N3. The van der Waals surface area contributed by atoms with Gasteiger partial charge in [-0.05, 0) is 6.07 Å². The van der Waals surface area contributed by atoms with E-state index in [4.69, 9.17) is 0 Å². The number of nitrogens with one attached hydrogen (secondary N) is 1. The van der Waals surface area contributed by atoms with Crippen LogP contribution in [0.4, 0.5) is 14.6 Å². The van der Waals surface area contributed by atoms with Gasteiger partial charge in [0.1, 0.15) is 5.82 Å². The zero-order chi connectivity index (χ0) is 11.5. The number of anilines is 1. The Labute approximate surface area is 91.7 Å². The third kappa shape index (κ3) is 2.03. The van der Waals surface area contributed by atoms with E-state index in [0.717, 1.165) is 11.9 Å². The van der Waals surface area contributed by atoms with Crippen molar-refractivity contribution < 1.29 is 8.78 Å². The Morgan fingerprint density at radius 2 is 2.12 bits per heavy atom. The van der Waals surface area contributed by atoms with Crippen molar-refractivity contribution in [2.24, 2.45) is 7.05 Å². The zero-order valence-electron chi connectivity index (χ0n) is 8.74. The Balaban J connectivity index is 2.11. The Hall–Kier alpha value is -1.91. The average molecular weight is 223 g/mol. The predicted molar refractivity (Wildman–Crippen MR) is 56.9 cm³/mol. The van der Waals surface area contributed by atoms with Crippen LogP contribution in [0, 0.1) is 11.6 Å². The highest BCUT2D eigenvalue weighted by Crippen LogP contribution is 2.13. The maximum atomic E-state index is 13.3. The number of halogens is 2. The monoisotopic (exact) mass is 223 g/mol. The molecule has 0 amide bonds. The zero-order valence-corrected chi connectivity index (χ0v) is 8.74. The number of rotatable bonds is 3. The van der Waals surface area contributed by atoms with E-state index < -0.39 is 11.6 Å². The molecule has 84 valence electrons. The first-order valence-electron chi connectivity index (χ1n) is 4.83. The normalized spacial score (nSPS) is 10.4.